The molecular weight excluding hydrogens is 582 g/mol. The van der Waals surface area contributed by atoms with Gasteiger partial charge in [-0.2, -0.15) is 0 Å². The average Bonchev–Trinajstić information content (AvgIpc) is 3.54. The third-order valence-electron chi connectivity index (χ3n) is 6.75. The molecule has 1 saturated heterocycles. The minimum Gasteiger partial charge on any atom is -0.456 e. The Balaban J connectivity index is 1.22. The summed E-state index contributed by atoms with van der Waals surface area (Å²) in [5.41, 5.74) is 1.38. The SMILES string of the molecule is C[C@@H](O)[C@H]1C(=O)N2C(C(=O)OCc3ccc([N+](=O)[O-])cc3)=C(Oc3cccc(C(=O)On4nnc5ccccc54)c3)S[C@H]12. The Bertz CT molecular complexity index is 1800. The van der Waals surface area contributed by atoms with Crippen molar-refractivity contribution in [3.05, 3.63) is 105 Å². The molecule has 0 unspecified atom stereocenters. The molecule has 2 aliphatic rings. The Morgan fingerprint density at radius 3 is 2.60 bits per heavy atom. The molecule has 1 fully saturated rings. The minimum atomic E-state index is -0.969. The molecule has 0 radical (unpaired) electrons. The molecule has 0 aliphatic carbocycles. The van der Waals surface area contributed by atoms with Crippen molar-refractivity contribution in [1.82, 2.24) is 20.1 Å². The number of non-ortho nitro benzene ring substituents is 1. The van der Waals surface area contributed by atoms with Gasteiger partial charge in [-0.25, -0.2) is 9.59 Å². The molecule has 3 atom stereocenters. The van der Waals surface area contributed by atoms with Gasteiger partial charge in [0.25, 0.3) is 5.69 Å². The molecule has 218 valence electrons. The zero-order valence-electron chi connectivity index (χ0n) is 22.2. The molecule has 43 heavy (non-hydrogen) atoms. The Morgan fingerprint density at radius 1 is 1.09 bits per heavy atom. The highest BCUT2D eigenvalue weighted by Crippen LogP contribution is 2.51. The van der Waals surface area contributed by atoms with Gasteiger partial charge >= 0.3 is 11.9 Å². The molecule has 0 bridgehead atoms. The molecule has 15 heteroatoms. The number of β-lactam (4-membered cyclic amide) rings is 1. The van der Waals surface area contributed by atoms with Gasteiger partial charge in [0, 0.05) is 12.1 Å². The van der Waals surface area contributed by atoms with Crippen LogP contribution in [0.2, 0.25) is 0 Å². The second kappa shape index (κ2) is 11.2. The highest BCUT2D eigenvalue weighted by molar-refractivity contribution is 8.03. The second-order valence-electron chi connectivity index (χ2n) is 9.58. The first-order chi connectivity index (χ1) is 20.7. The van der Waals surface area contributed by atoms with E-state index in [0.717, 1.165) is 16.6 Å². The number of nitro benzene ring substituents is 1. The Morgan fingerprint density at radius 2 is 1.86 bits per heavy atom. The van der Waals surface area contributed by atoms with Crippen molar-refractivity contribution < 1.29 is 38.7 Å². The number of thioether (sulfide) groups is 1. The molecule has 0 saturated carbocycles. The zero-order valence-corrected chi connectivity index (χ0v) is 23.0. The van der Waals surface area contributed by atoms with E-state index < -0.39 is 40.2 Å². The van der Waals surface area contributed by atoms with Crippen LogP contribution in [0.4, 0.5) is 5.69 Å². The van der Waals surface area contributed by atoms with Crippen LogP contribution in [-0.4, -0.2) is 59.4 Å². The fourth-order valence-electron chi connectivity index (χ4n) is 4.58. The second-order valence-corrected chi connectivity index (χ2v) is 10.7. The number of carbonyl (C=O) groups excluding carboxylic acids is 3. The Hall–Kier alpha value is -5.28. The maximum atomic E-state index is 13.2. The first-order valence-electron chi connectivity index (χ1n) is 12.8. The number of aliphatic hydroxyl groups is 1. The van der Waals surface area contributed by atoms with E-state index in [-0.39, 0.29) is 34.4 Å². The van der Waals surface area contributed by atoms with Crippen LogP contribution in [0.5, 0.6) is 5.75 Å². The molecule has 3 aromatic carbocycles. The summed E-state index contributed by atoms with van der Waals surface area (Å²) in [4.78, 5) is 57.0. The molecule has 1 N–H and O–H groups in total. The quantitative estimate of drug-likeness (QED) is 0.0975. The van der Waals surface area contributed by atoms with Crippen LogP contribution in [0.1, 0.15) is 22.8 Å². The predicted octanol–water partition coefficient (Wildman–Crippen LogP) is 2.81. The predicted molar refractivity (Wildman–Crippen MR) is 149 cm³/mol. The summed E-state index contributed by atoms with van der Waals surface area (Å²) < 4.78 is 11.4. The lowest BCUT2D eigenvalue weighted by atomic mass is 9.92. The van der Waals surface area contributed by atoms with E-state index in [1.807, 2.05) is 0 Å². The van der Waals surface area contributed by atoms with Crippen molar-refractivity contribution in [2.45, 2.75) is 25.0 Å². The lowest BCUT2D eigenvalue weighted by Gasteiger charge is -2.43. The number of hydrogen-bond acceptors (Lipinski definition) is 12. The van der Waals surface area contributed by atoms with Crippen LogP contribution in [0.3, 0.4) is 0 Å². The number of aliphatic hydroxyl groups excluding tert-OH is 1. The number of benzene rings is 3. The van der Waals surface area contributed by atoms with Crippen molar-refractivity contribution in [2.75, 3.05) is 0 Å². The molecular formula is C28H21N5O9S. The molecule has 2 aliphatic heterocycles. The van der Waals surface area contributed by atoms with E-state index >= 15 is 0 Å². The number of nitro groups is 1. The van der Waals surface area contributed by atoms with Crippen molar-refractivity contribution in [1.29, 1.82) is 0 Å². The van der Waals surface area contributed by atoms with Gasteiger partial charge in [0.1, 0.15) is 28.8 Å². The maximum absolute atomic E-state index is 13.2. The highest BCUT2D eigenvalue weighted by Gasteiger charge is 2.59. The Labute approximate surface area is 246 Å². The number of ether oxygens (including phenoxy) is 2. The van der Waals surface area contributed by atoms with Crippen LogP contribution >= 0.6 is 11.8 Å². The summed E-state index contributed by atoms with van der Waals surface area (Å²) in [5.74, 6) is -2.67. The molecule has 6 rings (SSSR count). The number of amides is 1. The first kappa shape index (κ1) is 27.9. The largest absolute Gasteiger partial charge is 0.456 e. The summed E-state index contributed by atoms with van der Waals surface area (Å²) in [7, 11) is 0. The van der Waals surface area contributed by atoms with Gasteiger partial charge in [0.2, 0.25) is 5.91 Å². The topological polar surface area (TPSA) is 176 Å². The molecule has 14 nitrogen and oxygen atoms in total. The molecule has 1 aromatic heterocycles. The van der Waals surface area contributed by atoms with Gasteiger partial charge in [0.05, 0.1) is 22.5 Å². The van der Waals surface area contributed by atoms with Crippen LogP contribution < -0.4 is 9.57 Å². The van der Waals surface area contributed by atoms with Gasteiger partial charge < -0.3 is 19.4 Å². The first-order valence-corrected chi connectivity index (χ1v) is 13.7. The van der Waals surface area contributed by atoms with E-state index in [1.165, 1.54) is 48.2 Å². The van der Waals surface area contributed by atoms with Crippen molar-refractivity contribution in [2.24, 2.45) is 5.92 Å². The number of carbonyl (C=O) groups is 3. The molecule has 3 heterocycles. The number of hydrogen-bond donors (Lipinski definition) is 1. The number of para-hydroxylation sites is 1. The lowest BCUT2D eigenvalue weighted by Crippen LogP contribution is -2.60. The van der Waals surface area contributed by atoms with E-state index in [9.17, 15) is 29.6 Å². The normalized spacial score (nSPS) is 18.2. The minimum absolute atomic E-state index is 0.0444. The number of fused-ring (bicyclic) bond motifs is 2. The summed E-state index contributed by atoms with van der Waals surface area (Å²) >= 11 is 1.07. The van der Waals surface area contributed by atoms with Gasteiger partial charge in [0.15, 0.2) is 10.8 Å². The summed E-state index contributed by atoms with van der Waals surface area (Å²) in [5, 5.41) is 28.3. The van der Waals surface area contributed by atoms with Crippen molar-refractivity contribution in [3.63, 3.8) is 0 Å². The third kappa shape index (κ3) is 5.26. The van der Waals surface area contributed by atoms with Gasteiger partial charge in [-0.05, 0) is 60.2 Å². The summed E-state index contributed by atoms with van der Waals surface area (Å²) in [6.45, 7) is 1.27. The zero-order chi connectivity index (χ0) is 30.2. The van der Waals surface area contributed by atoms with Crippen LogP contribution in [-0.2, 0) is 20.9 Å². The monoisotopic (exact) mass is 603 g/mol. The standard InChI is InChI=1S/C28H21N5O9S/c1-15(34)22-24(35)31-23(27(37)40-14-16-9-11-18(12-10-16)33(38)39)28(43-25(22)31)41-19-6-4-5-17(13-19)26(36)42-32-21-8-3-2-7-20(21)29-30-32/h2-13,15,22,25,34H,14H2,1H3/t15-,22+,25-/m1/s1. The van der Waals surface area contributed by atoms with E-state index in [1.54, 1.807) is 36.4 Å². The lowest BCUT2D eigenvalue weighted by molar-refractivity contribution is -0.384. The summed E-state index contributed by atoms with van der Waals surface area (Å²) in [6.07, 6.45) is -0.969. The van der Waals surface area contributed by atoms with Crippen LogP contribution in [0.25, 0.3) is 11.0 Å². The number of aromatic nitrogens is 3. The van der Waals surface area contributed by atoms with Gasteiger partial charge in [-0.1, -0.05) is 34.8 Å². The molecule has 1 amide bonds. The number of rotatable bonds is 9. The molecule has 0 spiro atoms. The van der Waals surface area contributed by atoms with E-state index in [0.29, 0.717) is 16.6 Å². The fourth-order valence-corrected chi connectivity index (χ4v) is 6.05. The molecule has 4 aromatic rings. The van der Waals surface area contributed by atoms with Gasteiger partial charge in [-0.3, -0.25) is 19.8 Å². The van der Waals surface area contributed by atoms with Gasteiger partial charge in [-0.15, -0.1) is 5.10 Å². The maximum Gasteiger partial charge on any atom is 0.365 e. The van der Waals surface area contributed by atoms with Crippen LogP contribution in [0, 0.1) is 16.0 Å². The van der Waals surface area contributed by atoms with Crippen LogP contribution in [0.15, 0.2) is 83.6 Å². The summed E-state index contributed by atoms with van der Waals surface area (Å²) in [6, 6.07) is 18.4. The smallest absolute Gasteiger partial charge is 0.365 e. The third-order valence-corrected chi connectivity index (χ3v) is 7.98. The number of esters is 1. The highest BCUT2D eigenvalue weighted by atomic mass is 32.2. The fraction of sp³-hybridized carbons (Fsp3) is 0.179. The Kier molecular flexibility index (Phi) is 7.25. The average molecular weight is 604 g/mol. The van der Waals surface area contributed by atoms with Crippen molar-refractivity contribution >= 4 is 46.3 Å². The number of nitrogens with zero attached hydrogens (tertiary/aromatic N) is 5. The van der Waals surface area contributed by atoms with E-state index in [2.05, 4.69) is 10.3 Å². The van der Waals surface area contributed by atoms with Crippen molar-refractivity contribution in [3.8, 4) is 5.75 Å². The van der Waals surface area contributed by atoms with E-state index in [4.69, 9.17) is 14.3 Å².